The highest BCUT2D eigenvalue weighted by atomic mass is 16.4. The van der Waals surface area contributed by atoms with E-state index in [9.17, 15) is 4.79 Å². The molecule has 0 unspecified atom stereocenters. The highest BCUT2D eigenvalue weighted by Gasteiger charge is 2.12. The Bertz CT molecular complexity index is 1450. The number of nitrogens with zero attached hydrogens (tertiary/aromatic N) is 7. The zero-order valence-electron chi connectivity index (χ0n) is 18.4. The van der Waals surface area contributed by atoms with Gasteiger partial charge in [0.2, 0.25) is 17.7 Å². The molecule has 9 heteroatoms. The first kappa shape index (κ1) is 20.5. The Morgan fingerprint density at radius 3 is 2.48 bits per heavy atom. The van der Waals surface area contributed by atoms with Gasteiger partial charge >= 0.3 is 0 Å². The molecule has 1 aromatic carbocycles. The number of aryl methyl sites for hydroxylation is 1. The molecule has 4 aromatic heterocycles. The molecule has 33 heavy (non-hydrogen) atoms. The quantitative estimate of drug-likeness (QED) is 0.412. The van der Waals surface area contributed by atoms with Crippen LogP contribution in [0.3, 0.4) is 0 Å². The molecule has 0 aliphatic rings. The van der Waals surface area contributed by atoms with Gasteiger partial charge in [0.05, 0.1) is 23.5 Å². The Balaban J connectivity index is 1.46. The molecule has 0 radical (unpaired) electrons. The summed E-state index contributed by atoms with van der Waals surface area (Å²) in [5, 5.41) is 13.3. The van der Waals surface area contributed by atoms with Gasteiger partial charge in [0, 0.05) is 56.1 Å². The number of carbonyl (C=O) groups excluding carboxylic acids is 1. The summed E-state index contributed by atoms with van der Waals surface area (Å²) in [4.78, 5) is 22.4. The third-order valence-electron chi connectivity index (χ3n) is 5.34. The van der Waals surface area contributed by atoms with Crippen molar-refractivity contribution >= 4 is 16.8 Å². The first-order chi connectivity index (χ1) is 16.0. The van der Waals surface area contributed by atoms with Crippen molar-refractivity contribution in [3.05, 3.63) is 67.2 Å². The summed E-state index contributed by atoms with van der Waals surface area (Å²) in [7, 11) is 3.46. The average Bonchev–Trinajstić information content (AvgIpc) is 3.47. The zero-order valence-corrected chi connectivity index (χ0v) is 18.4. The summed E-state index contributed by atoms with van der Waals surface area (Å²) in [6, 6.07) is 10.1. The molecule has 0 aliphatic carbocycles. The molecule has 0 fully saturated rings. The van der Waals surface area contributed by atoms with E-state index in [-0.39, 0.29) is 12.5 Å². The monoisotopic (exact) mass is 439 g/mol. The molecule has 9 nitrogen and oxygen atoms in total. The lowest BCUT2D eigenvalue weighted by Crippen LogP contribution is -2.26. The molecule has 164 valence electrons. The molecule has 0 saturated carbocycles. The summed E-state index contributed by atoms with van der Waals surface area (Å²) in [5.74, 6) is 0.932. The summed E-state index contributed by atoms with van der Waals surface area (Å²) in [6.45, 7) is 1.97. The normalized spacial score (nSPS) is 11.1. The third kappa shape index (κ3) is 4.08. The third-order valence-corrected chi connectivity index (χ3v) is 5.34. The fourth-order valence-electron chi connectivity index (χ4n) is 3.53. The first-order valence-electron chi connectivity index (χ1n) is 10.4. The molecular weight excluding hydrogens is 418 g/mol. The van der Waals surface area contributed by atoms with Crippen molar-refractivity contribution in [2.45, 2.75) is 13.5 Å². The van der Waals surface area contributed by atoms with Gasteiger partial charge in [-0.25, -0.2) is 0 Å². The van der Waals surface area contributed by atoms with Crippen molar-refractivity contribution in [3.8, 4) is 33.7 Å². The van der Waals surface area contributed by atoms with Gasteiger partial charge in [-0.3, -0.25) is 19.4 Å². The number of carbonyl (C=O) groups is 1. The second-order valence-corrected chi connectivity index (χ2v) is 7.90. The van der Waals surface area contributed by atoms with Crippen molar-refractivity contribution in [3.63, 3.8) is 0 Å². The van der Waals surface area contributed by atoms with E-state index in [1.807, 2.05) is 42.7 Å². The van der Waals surface area contributed by atoms with Crippen LogP contribution in [0.5, 0.6) is 0 Å². The van der Waals surface area contributed by atoms with Gasteiger partial charge in [0.15, 0.2) is 0 Å². The van der Waals surface area contributed by atoms with Crippen LogP contribution in [0.4, 0.5) is 0 Å². The average molecular weight is 439 g/mol. The Morgan fingerprint density at radius 1 is 0.970 bits per heavy atom. The number of benzene rings is 1. The lowest BCUT2D eigenvalue weighted by Gasteiger charge is -2.09. The van der Waals surface area contributed by atoms with E-state index >= 15 is 0 Å². The number of rotatable bonds is 5. The van der Waals surface area contributed by atoms with E-state index < -0.39 is 0 Å². The predicted octanol–water partition coefficient (Wildman–Crippen LogP) is 3.61. The Morgan fingerprint density at radius 2 is 1.76 bits per heavy atom. The Labute approximate surface area is 189 Å². The molecule has 1 amide bonds. The number of hydrogen-bond donors (Lipinski definition) is 0. The second-order valence-electron chi connectivity index (χ2n) is 7.90. The summed E-state index contributed by atoms with van der Waals surface area (Å²) in [6.07, 6.45) is 8.91. The van der Waals surface area contributed by atoms with Crippen molar-refractivity contribution in [2.75, 3.05) is 14.1 Å². The van der Waals surface area contributed by atoms with E-state index in [0.29, 0.717) is 11.8 Å². The molecule has 0 saturated heterocycles. The van der Waals surface area contributed by atoms with E-state index in [2.05, 4.69) is 25.3 Å². The number of fused-ring (bicyclic) bond motifs is 1. The zero-order chi connectivity index (χ0) is 22.9. The molecule has 0 aliphatic heterocycles. The Hall–Kier alpha value is -4.40. The molecule has 5 aromatic rings. The minimum absolute atomic E-state index is 0.00729. The van der Waals surface area contributed by atoms with E-state index in [1.165, 1.54) is 0 Å². The van der Waals surface area contributed by atoms with Gasteiger partial charge in [0.25, 0.3) is 0 Å². The van der Waals surface area contributed by atoms with Crippen LogP contribution in [0.15, 0.2) is 65.7 Å². The molecule has 0 atom stereocenters. The molecule has 5 rings (SSSR count). The van der Waals surface area contributed by atoms with Gasteiger partial charge in [0.1, 0.15) is 6.54 Å². The highest BCUT2D eigenvalue weighted by Crippen LogP contribution is 2.31. The van der Waals surface area contributed by atoms with E-state index in [4.69, 9.17) is 4.42 Å². The molecule has 4 heterocycles. The number of hydrogen-bond acceptors (Lipinski definition) is 7. The van der Waals surface area contributed by atoms with Crippen LogP contribution in [-0.2, 0) is 11.3 Å². The maximum absolute atomic E-state index is 11.9. The summed E-state index contributed by atoms with van der Waals surface area (Å²) < 4.78 is 7.20. The molecule has 0 bridgehead atoms. The van der Waals surface area contributed by atoms with Crippen LogP contribution >= 0.6 is 0 Å². The van der Waals surface area contributed by atoms with Gasteiger partial charge < -0.3 is 9.32 Å². The van der Waals surface area contributed by atoms with E-state index in [0.717, 1.165) is 38.7 Å². The van der Waals surface area contributed by atoms with Crippen LogP contribution < -0.4 is 0 Å². The number of aromatic nitrogens is 6. The smallest absolute Gasteiger partial charge is 0.249 e. The van der Waals surface area contributed by atoms with Crippen LogP contribution in [0, 0.1) is 6.92 Å². The van der Waals surface area contributed by atoms with E-state index in [1.54, 1.807) is 49.2 Å². The van der Waals surface area contributed by atoms with Crippen molar-refractivity contribution < 1.29 is 9.21 Å². The summed E-state index contributed by atoms with van der Waals surface area (Å²) >= 11 is 0. The second kappa shape index (κ2) is 8.27. The predicted molar refractivity (Wildman–Crippen MR) is 123 cm³/mol. The Kier molecular flexibility index (Phi) is 5.14. The maximum atomic E-state index is 11.9. The van der Waals surface area contributed by atoms with Crippen LogP contribution in [0.25, 0.3) is 44.6 Å². The fourth-order valence-corrected chi connectivity index (χ4v) is 3.53. The van der Waals surface area contributed by atoms with Gasteiger partial charge in [-0.15, -0.1) is 10.2 Å². The summed E-state index contributed by atoms with van der Waals surface area (Å²) in [5.41, 5.74) is 5.45. The standard InChI is InChI=1S/C24H21N7O2/c1-15-28-29-24(33-15)18-8-20-21(11-25-12-22(20)26-9-18)17-6-4-16(5-7-17)19-10-27-31(13-19)14-23(32)30(2)3/h4-13H,14H2,1-3H3. The topological polar surface area (TPSA) is 103 Å². The molecular formula is C24H21N7O2. The van der Waals surface area contributed by atoms with Crippen LogP contribution in [-0.4, -0.2) is 54.8 Å². The van der Waals surface area contributed by atoms with Gasteiger partial charge in [-0.1, -0.05) is 24.3 Å². The minimum Gasteiger partial charge on any atom is -0.421 e. The maximum Gasteiger partial charge on any atom is 0.249 e. The van der Waals surface area contributed by atoms with Crippen molar-refractivity contribution in [1.82, 2.24) is 34.8 Å². The fraction of sp³-hybridized carbons (Fsp3) is 0.167. The first-order valence-corrected chi connectivity index (χ1v) is 10.4. The highest BCUT2D eigenvalue weighted by molar-refractivity contribution is 5.95. The largest absolute Gasteiger partial charge is 0.421 e. The lowest BCUT2D eigenvalue weighted by atomic mass is 9.99. The van der Waals surface area contributed by atoms with Crippen molar-refractivity contribution in [2.24, 2.45) is 0 Å². The minimum atomic E-state index is -0.00729. The van der Waals surface area contributed by atoms with Gasteiger partial charge in [-0.2, -0.15) is 5.10 Å². The number of amides is 1. The van der Waals surface area contributed by atoms with Crippen LogP contribution in [0.2, 0.25) is 0 Å². The SMILES string of the molecule is Cc1nnc(-c2cnc3cncc(-c4ccc(-c5cnn(CC(=O)N(C)C)c5)cc4)c3c2)o1. The van der Waals surface area contributed by atoms with Gasteiger partial charge in [-0.05, 0) is 17.2 Å². The lowest BCUT2D eigenvalue weighted by molar-refractivity contribution is -0.129. The van der Waals surface area contributed by atoms with Crippen LogP contribution in [0.1, 0.15) is 5.89 Å². The number of pyridine rings is 2. The molecule has 0 spiro atoms. The molecule has 0 N–H and O–H groups in total. The number of likely N-dealkylation sites (N-methyl/N-ethyl adjacent to an activating group) is 1. The van der Waals surface area contributed by atoms with Crippen molar-refractivity contribution in [1.29, 1.82) is 0 Å².